The van der Waals surface area contributed by atoms with Gasteiger partial charge in [-0.2, -0.15) is 5.26 Å². The molecular formula is C17H15N3O6S. The zero-order chi connectivity index (χ0) is 20.0. The van der Waals surface area contributed by atoms with Crippen LogP contribution in [0.3, 0.4) is 0 Å². The Kier molecular flexibility index (Phi) is 6.27. The van der Waals surface area contributed by atoms with E-state index in [2.05, 4.69) is 16.8 Å². The number of hydrogen-bond acceptors (Lipinski definition) is 8. The van der Waals surface area contributed by atoms with Crippen molar-refractivity contribution in [3.63, 3.8) is 0 Å². The van der Waals surface area contributed by atoms with Crippen molar-refractivity contribution in [3.8, 4) is 17.9 Å². The van der Waals surface area contributed by atoms with Gasteiger partial charge in [-0.15, -0.1) is 5.06 Å². The smallest absolute Gasteiger partial charge is 0.330 e. The van der Waals surface area contributed by atoms with E-state index < -0.39 is 27.6 Å². The van der Waals surface area contributed by atoms with Gasteiger partial charge >= 0.3 is 5.97 Å². The van der Waals surface area contributed by atoms with Crippen LogP contribution in [-0.4, -0.2) is 42.5 Å². The average molecular weight is 389 g/mol. The summed E-state index contributed by atoms with van der Waals surface area (Å²) >= 11 is 0. The zero-order valence-corrected chi connectivity index (χ0v) is 15.2. The summed E-state index contributed by atoms with van der Waals surface area (Å²) in [5, 5.41) is 9.22. The number of nitrogens with zero attached hydrogens (tertiary/aromatic N) is 3. The van der Waals surface area contributed by atoms with Crippen molar-refractivity contribution < 1.29 is 27.6 Å². The van der Waals surface area contributed by atoms with Crippen LogP contribution in [0.25, 0.3) is 0 Å². The molecule has 2 rings (SSSR count). The van der Waals surface area contributed by atoms with E-state index in [1.807, 2.05) is 0 Å². The monoisotopic (exact) mass is 389 g/mol. The first-order valence-corrected chi connectivity index (χ1v) is 9.77. The highest BCUT2D eigenvalue weighted by Crippen LogP contribution is 2.14. The Morgan fingerprint density at radius 3 is 2.59 bits per heavy atom. The number of aromatic nitrogens is 1. The fraction of sp³-hybridized carbons (Fsp3) is 0.353. The number of hydroxylamine groups is 2. The number of sulfone groups is 1. The molecule has 1 aromatic heterocycles. The number of carbonyl (C=O) groups excluding carboxylic acids is 3. The summed E-state index contributed by atoms with van der Waals surface area (Å²) in [7, 11) is -3.60. The lowest BCUT2D eigenvalue weighted by molar-refractivity contribution is -0.197. The van der Waals surface area contributed by atoms with Crippen LogP contribution in [0.15, 0.2) is 17.3 Å². The van der Waals surface area contributed by atoms with E-state index in [9.17, 15) is 22.8 Å². The molecule has 0 N–H and O–H groups in total. The molecule has 1 aliphatic heterocycles. The number of carbonyl (C=O) groups is 3. The van der Waals surface area contributed by atoms with E-state index in [-0.39, 0.29) is 29.9 Å². The largest absolute Gasteiger partial charge is 0.333 e. The maximum Gasteiger partial charge on any atom is 0.333 e. The highest BCUT2D eigenvalue weighted by Gasteiger charge is 2.32. The molecule has 0 unspecified atom stereocenters. The third kappa shape index (κ3) is 5.36. The average Bonchev–Trinajstić information content (AvgIpc) is 2.92. The Labute approximate surface area is 155 Å². The molecular weight excluding hydrogens is 374 g/mol. The normalized spacial score (nSPS) is 13.7. The summed E-state index contributed by atoms with van der Waals surface area (Å²) in [6, 6.07) is 3.10. The number of pyridine rings is 1. The molecule has 9 nitrogen and oxygen atoms in total. The fourth-order valence-corrected chi connectivity index (χ4v) is 2.94. The summed E-state index contributed by atoms with van der Waals surface area (Å²) in [5.74, 6) is 3.73. The molecule has 0 radical (unpaired) electrons. The summed E-state index contributed by atoms with van der Waals surface area (Å²) < 4.78 is 23.0. The van der Waals surface area contributed by atoms with Crippen LogP contribution >= 0.6 is 0 Å². The molecule has 0 bridgehead atoms. The molecule has 10 heteroatoms. The molecule has 27 heavy (non-hydrogen) atoms. The Morgan fingerprint density at radius 2 is 2.00 bits per heavy atom. The van der Waals surface area contributed by atoms with Crippen LogP contribution in [0.2, 0.25) is 0 Å². The van der Waals surface area contributed by atoms with Crippen LogP contribution < -0.4 is 0 Å². The van der Waals surface area contributed by atoms with Crippen LogP contribution in [-0.2, 0) is 29.1 Å². The number of nitriles is 1. The van der Waals surface area contributed by atoms with E-state index in [1.165, 1.54) is 12.3 Å². The quantitative estimate of drug-likeness (QED) is 0.403. The van der Waals surface area contributed by atoms with Crippen molar-refractivity contribution in [2.45, 2.75) is 37.1 Å². The van der Waals surface area contributed by atoms with Crippen LogP contribution in [0.5, 0.6) is 0 Å². The molecule has 2 heterocycles. The Hall–Kier alpha value is -3.24. The second-order valence-electron chi connectivity index (χ2n) is 5.66. The number of hydrogen-bond donors (Lipinski definition) is 0. The maximum absolute atomic E-state index is 11.6. The van der Waals surface area contributed by atoms with Crippen LogP contribution in [0, 0.1) is 23.2 Å². The Bertz CT molecular complexity index is 982. The molecule has 1 fully saturated rings. The lowest BCUT2D eigenvalue weighted by Crippen LogP contribution is -2.31. The minimum absolute atomic E-state index is 0.0273. The van der Waals surface area contributed by atoms with Gasteiger partial charge in [-0.1, -0.05) is 11.8 Å². The molecule has 0 saturated carbocycles. The van der Waals surface area contributed by atoms with Gasteiger partial charge in [-0.05, 0) is 12.5 Å². The highest BCUT2D eigenvalue weighted by atomic mass is 32.2. The van der Waals surface area contributed by atoms with E-state index in [4.69, 9.17) is 10.1 Å². The maximum atomic E-state index is 11.6. The molecule has 0 atom stereocenters. The minimum atomic E-state index is -3.60. The van der Waals surface area contributed by atoms with Crippen molar-refractivity contribution in [3.05, 3.63) is 23.4 Å². The third-order valence-corrected chi connectivity index (χ3v) is 4.46. The topological polar surface area (TPSA) is 134 Å². The van der Waals surface area contributed by atoms with Crippen molar-refractivity contribution in [2.75, 3.05) is 6.26 Å². The van der Waals surface area contributed by atoms with Crippen LogP contribution in [0.1, 0.15) is 43.2 Å². The summed E-state index contributed by atoms with van der Waals surface area (Å²) in [6.07, 6.45) is 2.91. The third-order valence-electron chi connectivity index (χ3n) is 3.44. The lowest BCUT2D eigenvalue weighted by Gasteiger charge is -2.11. The van der Waals surface area contributed by atoms with Crippen LogP contribution in [0.4, 0.5) is 0 Å². The molecule has 140 valence electrons. The molecule has 0 spiro atoms. The van der Waals surface area contributed by atoms with Gasteiger partial charge in [0.05, 0.1) is 5.56 Å². The number of rotatable bonds is 5. The summed E-state index contributed by atoms with van der Waals surface area (Å²) in [5.41, 5.74) is 0.280. The lowest BCUT2D eigenvalue weighted by atomic mass is 10.2. The van der Waals surface area contributed by atoms with Gasteiger partial charge in [-0.25, -0.2) is 18.2 Å². The first kappa shape index (κ1) is 20.1. The fourth-order valence-electron chi connectivity index (χ4n) is 2.19. The highest BCUT2D eigenvalue weighted by molar-refractivity contribution is 7.90. The molecule has 1 saturated heterocycles. The number of amides is 2. The Morgan fingerprint density at radius 1 is 1.33 bits per heavy atom. The Balaban J connectivity index is 1.87. The number of imide groups is 1. The first-order valence-electron chi connectivity index (χ1n) is 7.88. The zero-order valence-electron chi connectivity index (χ0n) is 14.4. The first-order chi connectivity index (χ1) is 12.7. The standard InChI is InChI=1S/C17H15N3O6S/c1-27(24,25)17-13(10-18)9-12(11-19-17)5-3-2-4-6-16(23)26-20-14(21)7-8-15(20)22/h9,11H,2,4,6-8H2,1H3. The van der Waals surface area contributed by atoms with Gasteiger partial charge in [0, 0.05) is 43.7 Å². The van der Waals surface area contributed by atoms with E-state index in [0.29, 0.717) is 23.5 Å². The van der Waals surface area contributed by atoms with Crippen molar-refractivity contribution in [1.29, 1.82) is 5.26 Å². The van der Waals surface area contributed by atoms with Gasteiger partial charge in [-0.3, -0.25) is 9.59 Å². The van der Waals surface area contributed by atoms with E-state index in [0.717, 1.165) is 6.26 Å². The van der Waals surface area contributed by atoms with Crippen molar-refractivity contribution in [2.24, 2.45) is 0 Å². The molecule has 0 aromatic carbocycles. The van der Waals surface area contributed by atoms with Crippen molar-refractivity contribution >= 4 is 27.6 Å². The molecule has 2 amide bonds. The SMILES string of the molecule is CS(=O)(=O)c1ncc(C#CCCCC(=O)ON2C(=O)CCC2=O)cc1C#N. The molecule has 1 aliphatic rings. The summed E-state index contributed by atoms with van der Waals surface area (Å²) in [6.45, 7) is 0. The van der Waals surface area contributed by atoms with E-state index in [1.54, 1.807) is 6.07 Å². The predicted molar refractivity (Wildman–Crippen MR) is 90.0 cm³/mol. The minimum Gasteiger partial charge on any atom is -0.330 e. The van der Waals surface area contributed by atoms with Gasteiger partial charge in [0.1, 0.15) is 6.07 Å². The second-order valence-corrected chi connectivity index (χ2v) is 7.59. The number of unbranched alkanes of at least 4 members (excludes halogenated alkanes) is 1. The second kappa shape index (κ2) is 8.43. The van der Waals surface area contributed by atoms with Gasteiger partial charge in [0.15, 0.2) is 14.9 Å². The van der Waals surface area contributed by atoms with Gasteiger partial charge < -0.3 is 4.84 Å². The van der Waals surface area contributed by atoms with Gasteiger partial charge in [0.2, 0.25) is 0 Å². The molecule has 1 aromatic rings. The summed E-state index contributed by atoms with van der Waals surface area (Å²) in [4.78, 5) is 42.8. The predicted octanol–water partition coefficient (Wildman–Crippen LogP) is 0.486. The van der Waals surface area contributed by atoms with Gasteiger partial charge in [0.25, 0.3) is 11.8 Å². The molecule has 0 aliphatic carbocycles. The van der Waals surface area contributed by atoms with Crippen molar-refractivity contribution in [1.82, 2.24) is 10.0 Å². The van der Waals surface area contributed by atoms with E-state index >= 15 is 0 Å².